The van der Waals surface area contributed by atoms with Crippen molar-refractivity contribution in [3.63, 3.8) is 0 Å². The highest BCUT2D eigenvalue weighted by Gasteiger charge is 2.62. The van der Waals surface area contributed by atoms with E-state index in [0.29, 0.717) is 27.6 Å². The van der Waals surface area contributed by atoms with Crippen LogP contribution in [0.25, 0.3) is 44.9 Å². The van der Waals surface area contributed by atoms with Crippen molar-refractivity contribution in [3.05, 3.63) is 92.1 Å². The van der Waals surface area contributed by atoms with Crippen molar-refractivity contribution in [2.75, 3.05) is 5.32 Å². The van der Waals surface area contributed by atoms with Gasteiger partial charge in [0.2, 0.25) is 11.8 Å². The minimum atomic E-state index is -1.51. The number of ketones is 1. The van der Waals surface area contributed by atoms with Crippen molar-refractivity contribution in [1.82, 2.24) is 20.3 Å². The van der Waals surface area contributed by atoms with Crippen LogP contribution in [-0.4, -0.2) is 43.6 Å². The first-order valence-electron chi connectivity index (χ1n) is 18.7. The highest BCUT2D eigenvalue weighted by atomic mass is 79.9. The molecule has 3 aromatic heterocycles. The third-order valence-corrected chi connectivity index (χ3v) is 13.1. The van der Waals surface area contributed by atoms with Crippen molar-refractivity contribution in [1.29, 1.82) is 0 Å². The number of benzene rings is 3. The number of Topliss-reactive ketones (excluding diaryl/α,β-unsaturated/α-hetero) is 1. The van der Waals surface area contributed by atoms with Gasteiger partial charge in [-0.25, -0.2) is 9.97 Å². The van der Waals surface area contributed by atoms with E-state index in [1.807, 2.05) is 44.3 Å². The summed E-state index contributed by atoms with van der Waals surface area (Å²) in [6, 6.07) is 15.6. The number of aromatic nitrogens is 3. The number of aliphatic hydroxyl groups is 1. The molecule has 55 heavy (non-hydrogen) atoms. The Kier molecular flexibility index (Phi) is 7.67. The third-order valence-electron chi connectivity index (χ3n) is 12.1. The van der Waals surface area contributed by atoms with Crippen LogP contribution in [0.5, 0.6) is 5.75 Å². The monoisotopic (exact) mass is 865 g/mol. The van der Waals surface area contributed by atoms with E-state index in [1.165, 1.54) is 0 Å². The van der Waals surface area contributed by atoms with Gasteiger partial charge < -0.3 is 34.3 Å². The van der Waals surface area contributed by atoms with Crippen molar-refractivity contribution in [2.45, 2.75) is 76.7 Å². The summed E-state index contributed by atoms with van der Waals surface area (Å²) in [7, 11) is 0. The van der Waals surface area contributed by atoms with E-state index in [0.717, 1.165) is 54.4 Å². The molecule has 4 atom stereocenters. The van der Waals surface area contributed by atoms with Crippen LogP contribution < -0.4 is 15.4 Å². The number of hydrogen-bond acceptors (Lipinski definition) is 9. The Hall–Kier alpha value is -4.72. The molecule has 280 valence electrons. The van der Waals surface area contributed by atoms with E-state index in [1.54, 1.807) is 13.8 Å². The summed E-state index contributed by atoms with van der Waals surface area (Å²) in [5.41, 5.74) is 4.92. The molecule has 0 saturated heterocycles. The van der Waals surface area contributed by atoms with Gasteiger partial charge in [0.1, 0.15) is 22.8 Å². The van der Waals surface area contributed by atoms with Gasteiger partial charge >= 0.3 is 0 Å². The molecule has 4 aliphatic rings. The number of amides is 1. The number of rotatable bonds is 6. The van der Waals surface area contributed by atoms with Gasteiger partial charge in [-0.05, 0) is 76.5 Å². The van der Waals surface area contributed by atoms with Gasteiger partial charge in [-0.15, -0.1) is 0 Å². The topological polar surface area (TPSA) is 156 Å². The second-order valence-electron chi connectivity index (χ2n) is 15.5. The molecule has 11 nitrogen and oxygen atoms in total. The summed E-state index contributed by atoms with van der Waals surface area (Å²) < 4.78 is 22.0. The maximum atomic E-state index is 14.4. The minimum absolute atomic E-state index is 0.127. The quantitative estimate of drug-likeness (QED) is 0.128. The summed E-state index contributed by atoms with van der Waals surface area (Å²) in [5.74, 6) is 0.545. The first kappa shape index (κ1) is 34.7. The fourth-order valence-corrected chi connectivity index (χ4v) is 10.0. The fraction of sp³-hybridized carbons (Fsp3) is 0.333. The van der Waals surface area contributed by atoms with E-state index >= 15 is 0 Å². The number of oxazole rings is 2. The number of halogens is 2. The molecule has 0 aliphatic carbocycles. The van der Waals surface area contributed by atoms with Crippen LogP contribution in [0.2, 0.25) is 0 Å². The van der Waals surface area contributed by atoms with Crippen LogP contribution in [0.15, 0.2) is 72.6 Å². The van der Waals surface area contributed by atoms with Crippen LogP contribution in [0.1, 0.15) is 81.3 Å². The van der Waals surface area contributed by atoms with E-state index in [2.05, 4.69) is 71.7 Å². The number of nitrogens with zero attached hydrogens (tertiary/aromatic N) is 2. The molecular weight excluding hydrogens is 830 g/mol. The second kappa shape index (κ2) is 12.1. The lowest BCUT2D eigenvalue weighted by Crippen LogP contribution is -2.43. The summed E-state index contributed by atoms with van der Waals surface area (Å²) in [4.78, 5) is 41.6. The Morgan fingerprint density at radius 3 is 2.62 bits per heavy atom. The molecular formula is C42H37Br2N5O6. The predicted octanol–water partition coefficient (Wildman–Crippen LogP) is 8.96. The van der Waals surface area contributed by atoms with Crippen LogP contribution in [-0.2, 0) is 21.4 Å². The van der Waals surface area contributed by atoms with Crippen molar-refractivity contribution >= 4 is 60.1 Å². The fourth-order valence-electron chi connectivity index (χ4n) is 9.10. The molecule has 6 aromatic rings. The number of H-pyrrole nitrogens is 1. The molecule has 0 fully saturated rings. The van der Waals surface area contributed by atoms with Crippen molar-refractivity contribution in [3.8, 4) is 39.8 Å². The Balaban J connectivity index is 1.30. The first-order valence-corrected chi connectivity index (χ1v) is 20.3. The Bertz CT molecular complexity index is 2620. The van der Waals surface area contributed by atoms with Crippen LogP contribution in [0.3, 0.4) is 0 Å². The predicted molar refractivity (Wildman–Crippen MR) is 213 cm³/mol. The molecule has 7 heterocycles. The average Bonchev–Trinajstić information content (AvgIpc) is 3.99. The smallest absolute Gasteiger partial charge is 0.250 e. The normalized spacial score (nSPS) is 21.7. The lowest BCUT2D eigenvalue weighted by molar-refractivity contribution is -0.141. The maximum Gasteiger partial charge on any atom is 0.250 e. The van der Waals surface area contributed by atoms with Crippen molar-refractivity contribution < 1.29 is 28.3 Å². The first-order chi connectivity index (χ1) is 26.4. The van der Waals surface area contributed by atoms with Gasteiger partial charge in [-0.1, -0.05) is 67.9 Å². The number of aromatic amines is 1. The number of hydrogen-bond donors (Lipinski definition) is 4. The molecule has 4 N–H and O–H groups in total. The molecule has 3 aromatic carbocycles. The number of fused-ring (bicyclic) bond motifs is 7. The standard InChI is InChI=1S/C42H37Br2N5O6/c1-5-41(52,6-2)29(50)14-20-12-19-10-11-28-25(13-19)42-26-16-21(43)15-23(32(26)48-40(42)53-28)22-8-7-9-27-30(22)24(17-45-27)34-36(44)49-39(54-34)33-35(42)55-38(47-33)31(18(3)4)46-37(20)51/h7-11,13,15-18,20,31,40,45,48,52H,5-6,12,14H2,1-4H3,(H,46,51)/t20-,31+,40+,42?/m1/s1. The lowest BCUT2D eigenvalue weighted by atomic mass is 9.72. The lowest BCUT2D eigenvalue weighted by Gasteiger charge is -2.29. The highest BCUT2D eigenvalue weighted by Crippen LogP contribution is 2.62. The summed E-state index contributed by atoms with van der Waals surface area (Å²) in [5, 5.41) is 19.2. The molecule has 10 rings (SSSR count). The molecule has 13 heteroatoms. The van der Waals surface area contributed by atoms with E-state index in [9.17, 15) is 14.7 Å². The minimum Gasteiger partial charge on any atom is -0.469 e. The van der Waals surface area contributed by atoms with Crippen LogP contribution >= 0.6 is 31.9 Å². The Labute approximate surface area is 332 Å². The number of carbonyl (C=O) groups excluding carboxylic acids is 2. The third kappa shape index (κ3) is 4.81. The van der Waals surface area contributed by atoms with Gasteiger partial charge in [-0.2, -0.15) is 0 Å². The molecule has 0 saturated carbocycles. The molecule has 1 unspecified atom stereocenters. The average molecular weight is 868 g/mol. The van der Waals surface area contributed by atoms with Gasteiger partial charge in [-0.3, -0.25) is 9.59 Å². The van der Waals surface area contributed by atoms with E-state index in [-0.39, 0.29) is 55.1 Å². The highest BCUT2D eigenvalue weighted by molar-refractivity contribution is 9.10. The Morgan fingerprint density at radius 2 is 1.84 bits per heavy atom. The number of carbonyl (C=O) groups is 2. The molecule has 1 amide bonds. The molecule has 1 spiro atoms. The van der Waals surface area contributed by atoms with Gasteiger partial charge in [0.05, 0.1) is 0 Å². The van der Waals surface area contributed by atoms with Crippen LogP contribution in [0.4, 0.5) is 5.69 Å². The van der Waals surface area contributed by atoms with Gasteiger partial charge in [0.15, 0.2) is 33.8 Å². The number of nitrogens with one attached hydrogen (secondary N) is 3. The largest absolute Gasteiger partial charge is 0.469 e. The zero-order chi connectivity index (χ0) is 38.1. The number of anilines is 1. The van der Waals surface area contributed by atoms with Gasteiger partial charge in [0.25, 0.3) is 5.89 Å². The molecule has 10 bridgehead atoms. The summed E-state index contributed by atoms with van der Waals surface area (Å²) >= 11 is 7.61. The zero-order valence-corrected chi connectivity index (χ0v) is 33.6. The molecule has 4 aliphatic heterocycles. The van der Waals surface area contributed by atoms with E-state index in [4.69, 9.17) is 23.5 Å². The Morgan fingerprint density at radius 1 is 1.02 bits per heavy atom. The van der Waals surface area contributed by atoms with Gasteiger partial charge in [0, 0.05) is 61.9 Å². The maximum absolute atomic E-state index is 14.4. The zero-order valence-electron chi connectivity index (χ0n) is 30.5. The molecule has 0 radical (unpaired) electrons. The number of ether oxygens (including phenoxy) is 1. The van der Waals surface area contributed by atoms with Crippen LogP contribution in [0, 0.1) is 11.8 Å². The van der Waals surface area contributed by atoms with E-state index < -0.39 is 29.2 Å². The van der Waals surface area contributed by atoms with Crippen molar-refractivity contribution in [2.24, 2.45) is 11.8 Å². The summed E-state index contributed by atoms with van der Waals surface area (Å²) in [6.07, 6.45) is 1.91. The SMILES string of the molecule is CCC(O)(CC)C(=O)C[C@H]1Cc2ccc3c(c2)C24c5cc(Br)cc(c5N[C@H]2O3)-c2cccc3[nH]cc(c23)-c2oc(nc2Br)-c2nc(oc24)[C@H](C(C)C)NC1=O. The second-order valence-corrected chi connectivity index (χ2v) is 17.1. The summed E-state index contributed by atoms with van der Waals surface area (Å²) in [6.45, 7) is 7.55.